The third kappa shape index (κ3) is 3.12. The summed E-state index contributed by atoms with van der Waals surface area (Å²) in [5.41, 5.74) is 0.590. The highest BCUT2D eigenvalue weighted by atomic mass is 16.3. The number of aliphatic hydroxyl groups is 1. The fraction of sp³-hybridized carbons (Fsp3) is 0.412. The second-order valence-corrected chi connectivity index (χ2v) is 5.68. The van der Waals surface area contributed by atoms with Crippen molar-refractivity contribution in [2.24, 2.45) is 0 Å². The van der Waals surface area contributed by atoms with Crippen LogP contribution in [0.25, 0.3) is 0 Å². The van der Waals surface area contributed by atoms with Crippen molar-refractivity contribution in [1.82, 2.24) is 14.9 Å². The summed E-state index contributed by atoms with van der Waals surface area (Å²) in [4.78, 5) is 10.7. The van der Waals surface area contributed by atoms with Gasteiger partial charge in [-0.25, -0.2) is 0 Å². The maximum atomic E-state index is 11.4. The van der Waals surface area contributed by atoms with E-state index < -0.39 is 5.60 Å². The predicted molar refractivity (Wildman–Crippen MR) is 81.8 cm³/mol. The van der Waals surface area contributed by atoms with Gasteiger partial charge in [0.1, 0.15) is 5.60 Å². The molecule has 0 atom stereocenters. The Kier molecular flexibility index (Phi) is 4.27. The van der Waals surface area contributed by atoms with E-state index in [1.165, 1.54) is 19.3 Å². The molecule has 1 saturated heterocycles. The number of hydrogen-bond donors (Lipinski definition) is 1. The Morgan fingerprint density at radius 3 is 2.00 bits per heavy atom. The van der Waals surface area contributed by atoms with Gasteiger partial charge in [-0.3, -0.25) is 14.9 Å². The van der Waals surface area contributed by atoms with E-state index in [4.69, 9.17) is 0 Å². The minimum Gasteiger partial charge on any atom is -0.379 e. The van der Waals surface area contributed by atoms with Crippen molar-refractivity contribution in [1.29, 1.82) is 0 Å². The maximum Gasteiger partial charge on any atom is 0.130 e. The van der Waals surface area contributed by atoms with Crippen molar-refractivity contribution < 1.29 is 5.11 Å². The lowest BCUT2D eigenvalue weighted by Crippen LogP contribution is -2.44. The van der Waals surface area contributed by atoms with Gasteiger partial charge in [0.25, 0.3) is 0 Å². The van der Waals surface area contributed by atoms with Crippen LogP contribution >= 0.6 is 0 Å². The second-order valence-electron chi connectivity index (χ2n) is 5.68. The lowest BCUT2D eigenvalue weighted by molar-refractivity contribution is 0.0288. The van der Waals surface area contributed by atoms with Gasteiger partial charge in [0.05, 0.1) is 0 Å². The van der Waals surface area contributed by atoms with E-state index in [-0.39, 0.29) is 0 Å². The molecule has 3 rings (SSSR count). The van der Waals surface area contributed by atoms with Gasteiger partial charge < -0.3 is 5.11 Å². The Bertz CT molecular complexity index is 513. The van der Waals surface area contributed by atoms with Crippen LogP contribution in [0.1, 0.15) is 30.4 Å². The first-order valence-corrected chi connectivity index (χ1v) is 7.55. The SMILES string of the molecule is OC(CN1CCCCC1)(c1cccnc1)c1cccnc1. The molecule has 3 heterocycles. The normalized spacial score (nSPS) is 16.8. The first-order valence-electron chi connectivity index (χ1n) is 7.55. The van der Waals surface area contributed by atoms with E-state index in [0.717, 1.165) is 24.2 Å². The quantitative estimate of drug-likeness (QED) is 0.934. The van der Waals surface area contributed by atoms with Crippen LogP contribution in [0.2, 0.25) is 0 Å². The molecule has 4 nitrogen and oxygen atoms in total. The standard InChI is InChI=1S/C17H21N3O/c21-17(15-6-4-8-18-12-15,16-7-5-9-19-13-16)14-20-10-2-1-3-11-20/h4-9,12-13,21H,1-3,10-11,14H2. The van der Waals surface area contributed by atoms with Crippen molar-refractivity contribution in [3.05, 3.63) is 60.2 Å². The zero-order valence-corrected chi connectivity index (χ0v) is 12.2. The minimum absolute atomic E-state index is 0.588. The van der Waals surface area contributed by atoms with Gasteiger partial charge in [-0.15, -0.1) is 0 Å². The van der Waals surface area contributed by atoms with Crippen LogP contribution in [0.15, 0.2) is 49.1 Å². The number of piperidine rings is 1. The molecular weight excluding hydrogens is 262 g/mol. The van der Waals surface area contributed by atoms with Gasteiger partial charge in [-0.05, 0) is 38.1 Å². The summed E-state index contributed by atoms with van der Waals surface area (Å²) in [5, 5.41) is 11.4. The number of nitrogens with zero attached hydrogens (tertiary/aromatic N) is 3. The van der Waals surface area contributed by atoms with E-state index in [1.54, 1.807) is 24.8 Å². The van der Waals surface area contributed by atoms with Crippen LogP contribution in [-0.2, 0) is 5.60 Å². The molecule has 0 aliphatic carbocycles. The zero-order chi connectivity index (χ0) is 14.5. The zero-order valence-electron chi connectivity index (χ0n) is 12.2. The number of likely N-dealkylation sites (tertiary alicyclic amines) is 1. The molecule has 1 aliphatic rings. The average molecular weight is 283 g/mol. The molecular formula is C17H21N3O. The Morgan fingerprint density at radius 2 is 1.52 bits per heavy atom. The fourth-order valence-corrected chi connectivity index (χ4v) is 3.01. The molecule has 0 saturated carbocycles. The minimum atomic E-state index is -1.06. The number of hydrogen-bond acceptors (Lipinski definition) is 4. The van der Waals surface area contributed by atoms with Gasteiger partial charge in [0, 0.05) is 42.5 Å². The smallest absolute Gasteiger partial charge is 0.130 e. The van der Waals surface area contributed by atoms with Gasteiger partial charge in [-0.2, -0.15) is 0 Å². The number of aromatic nitrogens is 2. The molecule has 21 heavy (non-hydrogen) atoms. The third-order valence-electron chi connectivity index (χ3n) is 4.18. The third-order valence-corrected chi connectivity index (χ3v) is 4.18. The first kappa shape index (κ1) is 14.2. The lowest BCUT2D eigenvalue weighted by Gasteiger charge is -2.36. The maximum absolute atomic E-state index is 11.4. The molecule has 2 aromatic rings. The van der Waals surface area contributed by atoms with Crippen LogP contribution in [0.4, 0.5) is 0 Å². The van der Waals surface area contributed by atoms with E-state index >= 15 is 0 Å². The summed E-state index contributed by atoms with van der Waals surface area (Å²) in [5.74, 6) is 0. The van der Waals surface area contributed by atoms with Crippen LogP contribution in [-0.4, -0.2) is 39.6 Å². The molecule has 1 fully saturated rings. The van der Waals surface area contributed by atoms with E-state index in [1.807, 2.05) is 24.3 Å². The molecule has 4 heteroatoms. The molecule has 0 spiro atoms. The fourth-order valence-electron chi connectivity index (χ4n) is 3.01. The van der Waals surface area contributed by atoms with Crippen LogP contribution in [0, 0.1) is 0 Å². The van der Waals surface area contributed by atoms with E-state index in [2.05, 4.69) is 14.9 Å². The molecule has 2 aromatic heterocycles. The van der Waals surface area contributed by atoms with Gasteiger partial charge in [-0.1, -0.05) is 18.6 Å². The second kappa shape index (κ2) is 6.33. The average Bonchev–Trinajstić information content (AvgIpc) is 2.57. The summed E-state index contributed by atoms with van der Waals surface area (Å²) >= 11 is 0. The Morgan fingerprint density at radius 1 is 0.952 bits per heavy atom. The largest absolute Gasteiger partial charge is 0.379 e. The van der Waals surface area contributed by atoms with Crippen molar-refractivity contribution in [3.63, 3.8) is 0 Å². The number of rotatable bonds is 4. The molecule has 0 radical (unpaired) electrons. The highest BCUT2D eigenvalue weighted by molar-refractivity contribution is 5.33. The predicted octanol–water partition coefficient (Wildman–Crippen LogP) is 2.20. The molecule has 0 amide bonds. The van der Waals surface area contributed by atoms with Crippen molar-refractivity contribution in [2.45, 2.75) is 24.9 Å². The van der Waals surface area contributed by atoms with Crippen molar-refractivity contribution >= 4 is 0 Å². The molecule has 110 valence electrons. The number of β-amino-alcohol motifs (C(OH)–C–C–N with tert-alkyl or cyclic N) is 1. The molecule has 1 N–H and O–H groups in total. The van der Waals surface area contributed by atoms with Crippen LogP contribution < -0.4 is 0 Å². The highest BCUT2D eigenvalue weighted by Gasteiger charge is 2.34. The van der Waals surface area contributed by atoms with Gasteiger partial charge in [0.2, 0.25) is 0 Å². The molecule has 0 unspecified atom stereocenters. The lowest BCUT2D eigenvalue weighted by atomic mass is 9.87. The van der Waals surface area contributed by atoms with E-state index in [0.29, 0.717) is 6.54 Å². The topological polar surface area (TPSA) is 49.2 Å². The van der Waals surface area contributed by atoms with Crippen molar-refractivity contribution in [3.8, 4) is 0 Å². The van der Waals surface area contributed by atoms with Crippen LogP contribution in [0.5, 0.6) is 0 Å². The first-order chi connectivity index (χ1) is 10.3. The summed E-state index contributed by atoms with van der Waals surface area (Å²) in [6.45, 7) is 2.68. The summed E-state index contributed by atoms with van der Waals surface area (Å²) < 4.78 is 0. The summed E-state index contributed by atoms with van der Waals surface area (Å²) in [7, 11) is 0. The Hall–Kier alpha value is -1.78. The molecule has 0 bridgehead atoms. The van der Waals surface area contributed by atoms with E-state index in [9.17, 15) is 5.11 Å². The Labute approximate surface area is 125 Å². The monoisotopic (exact) mass is 283 g/mol. The summed E-state index contributed by atoms with van der Waals surface area (Å²) in [6, 6.07) is 7.60. The molecule has 1 aliphatic heterocycles. The Balaban J connectivity index is 1.94. The molecule has 0 aromatic carbocycles. The van der Waals surface area contributed by atoms with Gasteiger partial charge >= 0.3 is 0 Å². The van der Waals surface area contributed by atoms with Crippen molar-refractivity contribution in [2.75, 3.05) is 19.6 Å². The highest BCUT2D eigenvalue weighted by Crippen LogP contribution is 2.30. The summed E-state index contributed by atoms with van der Waals surface area (Å²) in [6.07, 6.45) is 10.6. The van der Waals surface area contributed by atoms with Gasteiger partial charge in [0.15, 0.2) is 0 Å². The van der Waals surface area contributed by atoms with Crippen LogP contribution in [0.3, 0.4) is 0 Å². The number of pyridine rings is 2.